The largest absolute Gasteiger partial charge is 0.481 e. The van der Waals surface area contributed by atoms with Crippen LogP contribution in [0.2, 0.25) is 0 Å². The summed E-state index contributed by atoms with van der Waals surface area (Å²) in [6.45, 7) is 1.88. The normalized spacial score (nSPS) is 17.3. The molecule has 0 aliphatic heterocycles. The first-order chi connectivity index (χ1) is 9.05. The van der Waals surface area contributed by atoms with E-state index in [1.54, 1.807) is 11.8 Å². The molecule has 0 spiro atoms. The number of hydrogen-bond donors (Lipinski definition) is 1. The van der Waals surface area contributed by atoms with Gasteiger partial charge < -0.3 is 15.0 Å². The minimum Gasteiger partial charge on any atom is -0.481 e. The highest BCUT2D eigenvalue weighted by Crippen LogP contribution is 2.39. The average molecular weight is 263 g/mol. The fraction of sp³-hybridized carbons (Fsp3) is 0.583. The van der Waals surface area contributed by atoms with Gasteiger partial charge in [-0.3, -0.25) is 0 Å². The van der Waals surface area contributed by atoms with Crippen LogP contribution in [0.15, 0.2) is 4.52 Å². The fourth-order valence-corrected chi connectivity index (χ4v) is 2.43. The molecular weight excluding hydrogens is 246 g/mol. The zero-order chi connectivity index (χ0) is 13.6. The van der Waals surface area contributed by atoms with Gasteiger partial charge in [-0.1, -0.05) is 5.16 Å². The van der Waals surface area contributed by atoms with E-state index >= 15 is 0 Å². The second-order valence-electron chi connectivity index (χ2n) is 5.03. The molecule has 7 nitrogen and oxygen atoms in total. The minimum absolute atomic E-state index is 0.411. The summed E-state index contributed by atoms with van der Waals surface area (Å²) in [4.78, 5) is 4.42. The molecule has 3 rings (SSSR count). The molecule has 19 heavy (non-hydrogen) atoms. The van der Waals surface area contributed by atoms with Crippen molar-refractivity contribution in [2.24, 2.45) is 12.8 Å². The van der Waals surface area contributed by atoms with E-state index in [9.17, 15) is 0 Å². The molecular formula is C12H17N5O2. The number of aromatic nitrogens is 4. The maximum Gasteiger partial charge on any atom is 0.265 e. The lowest BCUT2D eigenvalue weighted by atomic mass is 9.77. The van der Waals surface area contributed by atoms with Crippen LogP contribution < -0.4 is 10.5 Å². The van der Waals surface area contributed by atoms with Crippen LogP contribution >= 0.6 is 0 Å². The van der Waals surface area contributed by atoms with E-state index in [2.05, 4.69) is 15.2 Å². The van der Waals surface area contributed by atoms with Gasteiger partial charge in [0, 0.05) is 7.05 Å². The van der Waals surface area contributed by atoms with Crippen LogP contribution in [-0.4, -0.2) is 27.0 Å². The summed E-state index contributed by atoms with van der Waals surface area (Å²) < 4.78 is 12.3. The van der Waals surface area contributed by atoms with Crippen LogP contribution in [0.1, 0.15) is 30.8 Å². The van der Waals surface area contributed by atoms with Gasteiger partial charge in [0.2, 0.25) is 5.88 Å². The van der Waals surface area contributed by atoms with E-state index in [0.29, 0.717) is 17.6 Å². The van der Waals surface area contributed by atoms with Crippen molar-refractivity contribution in [1.82, 2.24) is 19.9 Å². The Kier molecular flexibility index (Phi) is 2.60. The zero-order valence-corrected chi connectivity index (χ0v) is 11.3. The average Bonchev–Trinajstić information content (AvgIpc) is 2.90. The molecule has 2 N–H and O–H groups in total. The summed E-state index contributed by atoms with van der Waals surface area (Å²) in [5.74, 6) is 1.58. The molecule has 0 aromatic carbocycles. The molecule has 0 amide bonds. The molecule has 2 heterocycles. The third-order valence-corrected chi connectivity index (χ3v) is 3.69. The third-order valence-electron chi connectivity index (χ3n) is 3.69. The van der Waals surface area contributed by atoms with Gasteiger partial charge in [-0.05, 0) is 26.2 Å². The Bertz CT molecular complexity index is 612. The standard InChI is InChI=1S/C12H17N5O2/c1-7-8(10(18-3)17(2)15-7)9-14-11(16-19-9)12(13)5-4-6-12/h4-6,13H2,1-3H3. The molecule has 0 bridgehead atoms. The lowest BCUT2D eigenvalue weighted by Gasteiger charge is -2.34. The van der Waals surface area contributed by atoms with Crippen LogP contribution in [0.3, 0.4) is 0 Å². The number of hydrogen-bond acceptors (Lipinski definition) is 6. The highest BCUT2D eigenvalue weighted by Gasteiger charge is 2.39. The van der Waals surface area contributed by atoms with Crippen LogP contribution in [0.4, 0.5) is 0 Å². The van der Waals surface area contributed by atoms with Crippen molar-refractivity contribution in [3.05, 3.63) is 11.5 Å². The number of methoxy groups -OCH3 is 1. The molecule has 2 aromatic heterocycles. The van der Waals surface area contributed by atoms with Crippen molar-refractivity contribution < 1.29 is 9.26 Å². The maximum absolute atomic E-state index is 6.19. The predicted molar refractivity (Wildman–Crippen MR) is 67.5 cm³/mol. The molecule has 1 saturated carbocycles. The summed E-state index contributed by atoms with van der Waals surface area (Å²) in [5, 5.41) is 8.30. The third kappa shape index (κ3) is 1.73. The molecule has 0 radical (unpaired) electrons. The van der Waals surface area contributed by atoms with Crippen molar-refractivity contribution in [2.45, 2.75) is 31.7 Å². The van der Waals surface area contributed by atoms with Crippen molar-refractivity contribution in [2.75, 3.05) is 7.11 Å². The molecule has 1 aliphatic rings. The first-order valence-corrected chi connectivity index (χ1v) is 6.26. The first-order valence-electron chi connectivity index (χ1n) is 6.26. The summed E-state index contributed by atoms with van der Waals surface area (Å²) in [6.07, 6.45) is 2.90. The Balaban J connectivity index is 2.03. The molecule has 1 fully saturated rings. The molecule has 0 unspecified atom stereocenters. The topological polar surface area (TPSA) is 92.0 Å². The molecule has 7 heteroatoms. The molecule has 0 atom stereocenters. The lowest BCUT2D eigenvalue weighted by molar-refractivity contribution is 0.229. The highest BCUT2D eigenvalue weighted by molar-refractivity contribution is 5.63. The Hall–Kier alpha value is -1.89. The van der Waals surface area contributed by atoms with E-state index in [1.165, 1.54) is 0 Å². The lowest BCUT2D eigenvalue weighted by Crippen LogP contribution is -2.44. The van der Waals surface area contributed by atoms with Crippen LogP contribution in [0, 0.1) is 6.92 Å². The smallest absolute Gasteiger partial charge is 0.265 e. The van der Waals surface area contributed by atoms with Crippen molar-refractivity contribution in [1.29, 1.82) is 0 Å². The van der Waals surface area contributed by atoms with Gasteiger partial charge in [0.25, 0.3) is 5.89 Å². The number of nitrogens with zero attached hydrogens (tertiary/aromatic N) is 4. The summed E-state index contributed by atoms with van der Waals surface area (Å²) in [7, 11) is 3.40. The van der Waals surface area contributed by atoms with E-state index < -0.39 is 5.54 Å². The maximum atomic E-state index is 6.19. The van der Waals surface area contributed by atoms with Crippen LogP contribution in [0.5, 0.6) is 5.88 Å². The second kappa shape index (κ2) is 4.06. The SMILES string of the molecule is COc1c(-c2nc(C3(N)CCC3)no2)c(C)nn1C. The number of ether oxygens (including phenoxy) is 1. The van der Waals surface area contributed by atoms with Gasteiger partial charge in [-0.2, -0.15) is 10.1 Å². The Labute approximate surface area is 110 Å². The number of aryl methyl sites for hydroxylation is 2. The first kappa shape index (κ1) is 12.2. The van der Waals surface area contributed by atoms with Gasteiger partial charge in [-0.25, -0.2) is 4.68 Å². The Morgan fingerprint density at radius 3 is 2.74 bits per heavy atom. The quantitative estimate of drug-likeness (QED) is 0.892. The van der Waals surface area contributed by atoms with Crippen molar-refractivity contribution >= 4 is 0 Å². The van der Waals surface area contributed by atoms with Gasteiger partial charge >= 0.3 is 0 Å². The van der Waals surface area contributed by atoms with Crippen LogP contribution in [-0.2, 0) is 12.6 Å². The van der Waals surface area contributed by atoms with Gasteiger partial charge in [-0.15, -0.1) is 0 Å². The van der Waals surface area contributed by atoms with E-state index in [0.717, 1.165) is 30.5 Å². The monoisotopic (exact) mass is 263 g/mol. The minimum atomic E-state index is -0.425. The summed E-state index contributed by atoms with van der Waals surface area (Å²) >= 11 is 0. The van der Waals surface area contributed by atoms with E-state index in [-0.39, 0.29) is 0 Å². The highest BCUT2D eigenvalue weighted by atomic mass is 16.5. The van der Waals surface area contributed by atoms with Gasteiger partial charge in [0.1, 0.15) is 5.56 Å². The molecule has 102 valence electrons. The number of rotatable bonds is 3. The van der Waals surface area contributed by atoms with Crippen molar-refractivity contribution in [3.8, 4) is 17.3 Å². The van der Waals surface area contributed by atoms with Gasteiger partial charge in [0.05, 0.1) is 18.3 Å². The van der Waals surface area contributed by atoms with E-state index in [4.69, 9.17) is 15.0 Å². The molecule has 0 saturated heterocycles. The fourth-order valence-electron chi connectivity index (χ4n) is 2.43. The van der Waals surface area contributed by atoms with E-state index in [1.807, 2.05) is 14.0 Å². The summed E-state index contributed by atoms with van der Waals surface area (Å²) in [6, 6.07) is 0. The molecule has 1 aliphatic carbocycles. The zero-order valence-electron chi connectivity index (χ0n) is 11.3. The Morgan fingerprint density at radius 1 is 1.42 bits per heavy atom. The molecule has 2 aromatic rings. The second-order valence-corrected chi connectivity index (χ2v) is 5.03. The number of nitrogens with two attached hydrogens (primary N) is 1. The van der Waals surface area contributed by atoms with Gasteiger partial charge in [0.15, 0.2) is 5.82 Å². The van der Waals surface area contributed by atoms with Crippen LogP contribution in [0.25, 0.3) is 11.5 Å². The van der Waals surface area contributed by atoms with Crippen molar-refractivity contribution in [3.63, 3.8) is 0 Å². The summed E-state index contributed by atoms with van der Waals surface area (Å²) in [5.41, 5.74) is 7.28. The predicted octanol–water partition coefficient (Wildman–Crippen LogP) is 1.13. The Morgan fingerprint density at radius 2 is 2.16 bits per heavy atom.